The molecule has 0 aromatic carbocycles. The third kappa shape index (κ3) is 2.01. The van der Waals surface area contributed by atoms with E-state index in [4.69, 9.17) is 0 Å². The van der Waals surface area contributed by atoms with E-state index in [1.165, 1.54) is 0 Å². The third-order valence-electron chi connectivity index (χ3n) is 1.41. The Morgan fingerprint density at radius 1 is 1.33 bits per heavy atom. The molecular formula is C9H6IrNS-. The van der Waals surface area contributed by atoms with E-state index < -0.39 is 0 Å². The molecule has 2 heterocycles. The Hall–Kier alpha value is -0.501. The summed E-state index contributed by atoms with van der Waals surface area (Å²) in [5, 5.41) is 3.98. The first-order valence-electron chi connectivity index (χ1n) is 3.32. The normalized spacial score (nSPS) is 9.00. The van der Waals surface area contributed by atoms with Gasteiger partial charge in [-0.3, -0.25) is 0 Å². The van der Waals surface area contributed by atoms with Gasteiger partial charge >= 0.3 is 0 Å². The fourth-order valence-electron chi connectivity index (χ4n) is 0.890. The Balaban J connectivity index is 0.000000720. The van der Waals surface area contributed by atoms with Gasteiger partial charge in [-0.05, 0) is 11.8 Å². The first-order chi connectivity index (χ1) is 5.47. The number of aromatic nitrogens is 1. The Labute approximate surface area is 88.8 Å². The van der Waals surface area contributed by atoms with E-state index in [9.17, 15) is 0 Å². The van der Waals surface area contributed by atoms with E-state index >= 15 is 0 Å². The molecule has 12 heavy (non-hydrogen) atoms. The molecule has 2 aromatic rings. The minimum Gasteiger partial charge on any atom is -0.321 e. The van der Waals surface area contributed by atoms with Gasteiger partial charge in [0.15, 0.2) is 0 Å². The number of hydrogen-bond acceptors (Lipinski definition) is 2. The van der Waals surface area contributed by atoms with E-state index in [-0.39, 0.29) is 20.1 Å². The van der Waals surface area contributed by atoms with Crippen LogP contribution in [0, 0.1) is 6.07 Å². The Bertz CT molecular complexity index is 318. The molecule has 1 nitrogen and oxygen atoms in total. The standard InChI is InChI=1S/C9H6NS.Ir/c1-2-5-10-9(3-1)8-4-6-11-7-8;/h1-3,5-7H;/q-1;. The van der Waals surface area contributed by atoms with Crippen LogP contribution in [0.3, 0.4) is 0 Å². The SMILES string of the molecule is [Ir].[c-]1cscc1-c1ccccn1. The monoisotopic (exact) mass is 353 g/mol. The van der Waals surface area contributed by atoms with Crippen molar-refractivity contribution >= 4 is 11.3 Å². The smallest absolute Gasteiger partial charge is 0.0124 e. The van der Waals surface area contributed by atoms with Crippen LogP contribution in [0.15, 0.2) is 35.2 Å². The summed E-state index contributed by atoms with van der Waals surface area (Å²) >= 11 is 1.64. The van der Waals surface area contributed by atoms with Crippen LogP contribution in [0.1, 0.15) is 0 Å². The van der Waals surface area contributed by atoms with Gasteiger partial charge in [0, 0.05) is 26.3 Å². The molecular weight excluding hydrogens is 346 g/mol. The average Bonchev–Trinajstić information content (AvgIpc) is 2.58. The van der Waals surface area contributed by atoms with E-state index in [0.29, 0.717) is 0 Å². The van der Waals surface area contributed by atoms with Crippen LogP contribution < -0.4 is 0 Å². The number of nitrogens with zero attached hydrogens (tertiary/aromatic N) is 1. The zero-order chi connectivity index (χ0) is 7.52. The Morgan fingerprint density at radius 3 is 2.83 bits per heavy atom. The van der Waals surface area contributed by atoms with Crippen molar-refractivity contribution in [2.75, 3.05) is 0 Å². The van der Waals surface area contributed by atoms with E-state index in [2.05, 4.69) is 11.1 Å². The van der Waals surface area contributed by atoms with Gasteiger partial charge in [0.1, 0.15) is 0 Å². The van der Waals surface area contributed by atoms with Crippen molar-refractivity contribution in [2.24, 2.45) is 0 Å². The minimum absolute atomic E-state index is 0. The largest absolute Gasteiger partial charge is 0.321 e. The van der Waals surface area contributed by atoms with E-state index in [1.54, 1.807) is 17.5 Å². The van der Waals surface area contributed by atoms with Gasteiger partial charge < -0.3 is 4.98 Å². The maximum absolute atomic E-state index is 4.20. The van der Waals surface area contributed by atoms with Crippen LogP contribution in [0.2, 0.25) is 0 Å². The van der Waals surface area contributed by atoms with Crippen molar-refractivity contribution in [3.8, 4) is 11.3 Å². The summed E-state index contributed by atoms with van der Waals surface area (Å²) in [6.07, 6.45) is 1.79. The summed E-state index contributed by atoms with van der Waals surface area (Å²) < 4.78 is 0. The molecule has 0 aliphatic heterocycles. The molecule has 0 amide bonds. The van der Waals surface area contributed by atoms with Gasteiger partial charge in [0.25, 0.3) is 0 Å². The molecule has 63 valence electrons. The van der Waals surface area contributed by atoms with E-state index in [1.807, 2.05) is 29.0 Å². The van der Waals surface area contributed by atoms with Crippen LogP contribution >= 0.6 is 11.3 Å². The van der Waals surface area contributed by atoms with Crippen LogP contribution in [0.25, 0.3) is 11.3 Å². The molecule has 0 N–H and O–H groups in total. The Morgan fingerprint density at radius 2 is 2.25 bits per heavy atom. The molecule has 0 fully saturated rings. The zero-order valence-electron chi connectivity index (χ0n) is 6.15. The third-order valence-corrected chi connectivity index (χ3v) is 2.03. The molecule has 0 unspecified atom stereocenters. The maximum atomic E-state index is 4.20. The quantitative estimate of drug-likeness (QED) is 0.719. The van der Waals surface area contributed by atoms with Crippen LogP contribution in [-0.4, -0.2) is 4.98 Å². The molecule has 2 aromatic heterocycles. The van der Waals surface area contributed by atoms with Crippen molar-refractivity contribution in [3.05, 3.63) is 41.2 Å². The maximum Gasteiger partial charge on any atom is 0.0124 e. The van der Waals surface area contributed by atoms with Crippen molar-refractivity contribution < 1.29 is 20.1 Å². The van der Waals surface area contributed by atoms with Gasteiger partial charge in [-0.2, -0.15) is 11.6 Å². The summed E-state index contributed by atoms with van der Waals surface area (Å²) in [6, 6.07) is 8.99. The van der Waals surface area contributed by atoms with Crippen molar-refractivity contribution in [1.82, 2.24) is 4.98 Å². The van der Waals surface area contributed by atoms with Gasteiger partial charge in [-0.1, -0.05) is 17.5 Å². The number of pyridine rings is 1. The summed E-state index contributed by atoms with van der Waals surface area (Å²) in [4.78, 5) is 4.20. The van der Waals surface area contributed by atoms with Gasteiger partial charge in [-0.25, -0.2) is 11.3 Å². The molecule has 3 heteroatoms. The molecule has 2 rings (SSSR count). The second-order valence-electron chi connectivity index (χ2n) is 2.14. The summed E-state index contributed by atoms with van der Waals surface area (Å²) in [6.45, 7) is 0. The molecule has 1 radical (unpaired) electrons. The second-order valence-corrected chi connectivity index (χ2v) is 2.89. The van der Waals surface area contributed by atoms with Crippen molar-refractivity contribution in [1.29, 1.82) is 0 Å². The molecule has 0 bridgehead atoms. The summed E-state index contributed by atoms with van der Waals surface area (Å²) in [5.74, 6) is 0. The van der Waals surface area contributed by atoms with Crippen molar-refractivity contribution in [2.45, 2.75) is 0 Å². The number of hydrogen-bond donors (Lipinski definition) is 0. The number of thiophene rings is 1. The molecule has 0 aliphatic carbocycles. The van der Waals surface area contributed by atoms with Crippen LogP contribution in [0.5, 0.6) is 0 Å². The molecule has 0 atom stereocenters. The first-order valence-corrected chi connectivity index (χ1v) is 4.26. The molecule has 0 saturated heterocycles. The minimum atomic E-state index is 0. The predicted molar refractivity (Wildman–Crippen MR) is 46.4 cm³/mol. The fraction of sp³-hybridized carbons (Fsp3) is 0. The predicted octanol–water partition coefficient (Wildman–Crippen LogP) is 2.61. The van der Waals surface area contributed by atoms with Gasteiger partial charge in [-0.15, -0.1) is 5.38 Å². The molecule has 0 aliphatic rings. The topological polar surface area (TPSA) is 12.9 Å². The Kier molecular flexibility index (Phi) is 3.60. The van der Waals surface area contributed by atoms with Crippen molar-refractivity contribution in [3.63, 3.8) is 0 Å². The van der Waals surface area contributed by atoms with E-state index in [0.717, 1.165) is 11.3 Å². The molecule has 0 saturated carbocycles. The average molecular weight is 352 g/mol. The summed E-state index contributed by atoms with van der Waals surface area (Å²) in [7, 11) is 0. The molecule has 0 spiro atoms. The first kappa shape index (κ1) is 9.59. The second kappa shape index (κ2) is 4.51. The zero-order valence-corrected chi connectivity index (χ0v) is 9.36. The fourth-order valence-corrected chi connectivity index (χ4v) is 1.48. The van der Waals surface area contributed by atoms with Gasteiger partial charge in [0.05, 0.1) is 0 Å². The van der Waals surface area contributed by atoms with Crippen LogP contribution in [-0.2, 0) is 20.1 Å². The number of rotatable bonds is 1. The summed E-state index contributed by atoms with van der Waals surface area (Å²) in [5.41, 5.74) is 2.07. The van der Waals surface area contributed by atoms with Crippen LogP contribution in [0.4, 0.5) is 0 Å². The van der Waals surface area contributed by atoms with Gasteiger partial charge in [0.2, 0.25) is 0 Å².